The smallest absolute Gasteiger partial charge is 0.233 e. The molecule has 1 fully saturated rings. The molecule has 7 nitrogen and oxygen atoms in total. The minimum atomic E-state index is -4.04. The maximum Gasteiger partial charge on any atom is 0.233 e. The largest absolute Gasteiger partial charge is 0.494 e. The molecule has 2 heterocycles. The van der Waals surface area contributed by atoms with Gasteiger partial charge in [0.1, 0.15) is 11.6 Å². The molecule has 2 aromatic carbocycles. The zero-order valence-electron chi connectivity index (χ0n) is 17.0. The van der Waals surface area contributed by atoms with E-state index in [0.29, 0.717) is 31.1 Å². The second-order valence-corrected chi connectivity index (χ2v) is 8.95. The van der Waals surface area contributed by atoms with Gasteiger partial charge in [-0.05, 0) is 68.3 Å². The molecule has 1 atom stereocenters. The van der Waals surface area contributed by atoms with E-state index in [9.17, 15) is 12.8 Å². The first kappa shape index (κ1) is 21.3. The molecule has 1 aliphatic rings. The van der Waals surface area contributed by atoms with Crippen molar-refractivity contribution in [3.05, 3.63) is 54.3 Å². The number of oxazole rings is 1. The van der Waals surface area contributed by atoms with Crippen molar-refractivity contribution in [1.29, 1.82) is 0 Å². The molecule has 164 valence electrons. The highest BCUT2D eigenvalue weighted by atomic mass is 32.2. The van der Waals surface area contributed by atoms with Crippen LogP contribution in [0.1, 0.15) is 19.8 Å². The summed E-state index contributed by atoms with van der Waals surface area (Å²) >= 11 is 0. The third-order valence-electron chi connectivity index (χ3n) is 4.90. The average molecular weight is 447 g/mol. The van der Waals surface area contributed by atoms with Crippen LogP contribution in [0.15, 0.2) is 62.9 Å². The summed E-state index contributed by atoms with van der Waals surface area (Å²) in [4.78, 5) is 4.21. The van der Waals surface area contributed by atoms with Gasteiger partial charge >= 0.3 is 0 Å². The summed E-state index contributed by atoms with van der Waals surface area (Å²) in [6, 6.07) is 11.6. The van der Waals surface area contributed by atoms with Crippen LogP contribution in [0.2, 0.25) is 0 Å². The van der Waals surface area contributed by atoms with Crippen LogP contribution in [0.3, 0.4) is 0 Å². The van der Waals surface area contributed by atoms with Gasteiger partial charge in [0.2, 0.25) is 26.6 Å². The number of halogens is 1. The topological polar surface area (TPSA) is 90.7 Å². The quantitative estimate of drug-likeness (QED) is 0.516. The highest BCUT2D eigenvalue weighted by Crippen LogP contribution is 2.33. The molecule has 1 unspecified atom stereocenters. The van der Waals surface area contributed by atoms with E-state index >= 15 is 0 Å². The standard InChI is InChI=1S/C22H23FN2O5S/c1-2-28-17-9-5-15(6-10-17)20-25-22(21(30-20)24-14-18-4-3-13-29-18)31(26,27)19-11-7-16(23)8-12-19/h5-12,18,24H,2-4,13-14H2,1H3. The Bertz CT molecular complexity index is 1120. The van der Waals surface area contributed by atoms with Crippen molar-refractivity contribution in [1.82, 2.24) is 4.98 Å². The van der Waals surface area contributed by atoms with Gasteiger partial charge < -0.3 is 19.2 Å². The molecule has 1 saturated heterocycles. The van der Waals surface area contributed by atoms with Crippen molar-refractivity contribution in [2.75, 3.05) is 25.1 Å². The number of sulfone groups is 1. The second-order valence-electron chi connectivity index (χ2n) is 7.08. The first-order chi connectivity index (χ1) is 15.0. The summed E-state index contributed by atoms with van der Waals surface area (Å²) in [6.07, 6.45) is 1.81. The van der Waals surface area contributed by atoms with Crippen LogP contribution >= 0.6 is 0 Å². The van der Waals surface area contributed by atoms with Crippen LogP contribution in [0.5, 0.6) is 5.75 Å². The molecule has 0 radical (unpaired) electrons. The lowest BCUT2D eigenvalue weighted by Crippen LogP contribution is -2.19. The van der Waals surface area contributed by atoms with Gasteiger partial charge in [0.05, 0.1) is 17.6 Å². The van der Waals surface area contributed by atoms with Gasteiger partial charge in [0.15, 0.2) is 0 Å². The van der Waals surface area contributed by atoms with E-state index in [1.165, 1.54) is 12.1 Å². The van der Waals surface area contributed by atoms with Crippen LogP contribution in [0.4, 0.5) is 10.3 Å². The normalized spacial score (nSPS) is 16.4. The summed E-state index contributed by atoms with van der Waals surface area (Å²) in [5, 5.41) is 2.78. The number of aromatic nitrogens is 1. The molecule has 0 saturated carbocycles. The molecule has 3 aromatic rings. The van der Waals surface area contributed by atoms with Crippen LogP contribution in [0.25, 0.3) is 11.5 Å². The number of anilines is 1. The summed E-state index contributed by atoms with van der Waals surface area (Å²) in [5.41, 5.74) is 0.601. The molecule has 1 aliphatic heterocycles. The van der Waals surface area contributed by atoms with Crippen LogP contribution < -0.4 is 10.1 Å². The van der Waals surface area contributed by atoms with Crippen molar-refractivity contribution in [3.63, 3.8) is 0 Å². The molecule has 9 heteroatoms. The Morgan fingerprint density at radius 1 is 1.16 bits per heavy atom. The summed E-state index contributed by atoms with van der Waals surface area (Å²) in [5.74, 6) is 0.349. The molecule has 4 rings (SSSR count). The Morgan fingerprint density at radius 3 is 2.55 bits per heavy atom. The Morgan fingerprint density at radius 2 is 1.90 bits per heavy atom. The van der Waals surface area contributed by atoms with Gasteiger partial charge in [-0.2, -0.15) is 4.98 Å². The van der Waals surface area contributed by atoms with E-state index in [2.05, 4.69) is 10.3 Å². The molecule has 1 N–H and O–H groups in total. The minimum Gasteiger partial charge on any atom is -0.494 e. The summed E-state index contributed by atoms with van der Waals surface area (Å²) in [6.45, 7) is 3.50. The van der Waals surface area contributed by atoms with Crippen molar-refractivity contribution < 1.29 is 26.7 Å². The Hall–Kier alpha value is -2.91. The van der Waals surface area contributed by atoms with Gasteiger partial charge in [-0.15, -0.1) is 0 Å². The first-order valence-electron chi connectivity index (χ1n) is 10.1. The van der Waals surface area contributed by atoms with E-state index in [-0.39, 0.29) is 27.8 Å². The third kappa shape index (κ3) is 4.72. The van der Waals surface area contributed by atoms with Crippen molar-refractivity contribution in [2.24, 2.45) is 0 Å². The lowest BCUT2D eigenvalue weighted by Gasteiger charge is -2.10. The van der Waals surface area contributed by atoms with Gasteiger partial charge in [-0.1, -0.05) is 0 Å². The number of benzene rings is 2. The van der Waals surface area contributed by atoms with E-state index < -0.39 is 15.7 Å². The van der Waals surface area contributed by atoms with Crippen LogP contribution in [-0.2, 0) is 14.6 Å². The van der Waals surface area contributed by atoms with Crippen molar-refractivity contribution >= 4 is 15.7 Å². The summed E-state index contributed by atoms with van der Waals surface area (Å²) < 4.78 is 56.6. The van der Waals surface area contributed by atoms with Crippen molar-refractivity contribution in [2.45, 2.75) is 35.8 Å². The number of nitrogens with one attached hydrogen (secondary N) is 1. The van der Waals surface area contributed by atoms with E-state index in [1.807, 2.05) is 6.92 Å². The number of hydrogen-bond donors (Lipinski definition) is 1. The van der Waals surface area contributed by atoms with E-state index in [1.54, 1.807) is 24.3 Å². The van der Waals surface area contributed by atoms with Crippen LogP contribution in [0, 0.1) is 5.82 Å². The predicted molar refractivity (Wildman–Crippen MR) is 112 cm³/mol. The average Bonchev–Trinajstić information content (AvgIpc) is 3.44. The van der Waals surface area contributed by atoms with E-state index in [4.69, 9.17) is 13.9 Å². The fourth-order valence-electron chi connectivity index (χ4n) is 3.32. The summed E-state index contributed by atoms with van der Waals surface area (Å²) in [7, 11) is -4.04. The molecular weight excluding hydrogens is 423 g/mol. The highest BCUT2D eigenvalue weighted by Gasteiger charge is 2.29. The fourth-order valence-corrected chi connectivity index (χ4v) is 4.60. The number of hydrogen-bond acceptors (Lipinski definition) is 7. The third-order valence-corrected chi connectivity index (χ3v) is 6.58. The molecule has 1 aromatic heterocycles. The Balaban J connectivity index is 1.69. The molecular formula is C22H23FN2O5S. The SMILES string of the molecule is CCOc1ccc(-c2nc(S(=O)(=O)c3ccc(F)cc3)c(NCC3CCCO3)o2)cc1. The highest BCUT2D eigenvalue weighted by molar-refractivity contribution is 7.91. The Labute approximate surface area is 180 Å². The predicted octanol–water partition coefficient (Wildman–Crippen LogP) is 4.30. The molecule has 0 bridgehead atoms. The number of ether oxygens (including phenoxy) is 2. The fraction of sp³-hybridized carbons (Fsp3) is 0.318. The lowest BCUT2D eigenvalue weighted by atomic mass is 10.2. The molecule has 31 heavy (non-hydrogen) atoms. The Kier molecular flexibility index (Phi) is 6.24. The lowest BCUT2D eigenvalue weighted by molar-refractivity contribution is 0.120. The first-order valence-corrected chi connectivity index (χ1v) is 11.6. The van der Waals surface area contributed by atoms with E-state index in [0.717, 1.165) is 25.0 Å². The second kappa shape index (κ2) is 9.07. The molecule has 0 amide bonds. The molecule has 0 aliphatic carbocycles. The van der Waals surface area contributed by atoms with Gasteiger partial charge in [0.25, 0.3) is 0 Å². The van der Waals surface area contributed by atoms with Gasteiger partial charge in [-0.25, -0.2) is 12.8 Å². The molecule has 0 spiro atoms. The minimum absolute atomic E-state index is 0.0274. The van der Waals surface area contributed by atoms with Crippen molar-refractivity contribution in [3.8, 4) is 17.2 Å². The van der Waals surface area contributed by atoms with Crippen LogP contribution in [-0.4, -0.2) is 39.3 Å². The maximum atomic E-state index is 13.3. The van der Waals surface area contributed by atoms with Gasteiger partial charge in [0, 0.05) is 18.7 Å². The zero-order valence-corrected chi connectivity index (χ0v) is 17.8. The monoisotopic (exact) mass is 446 g/mol. The number of nitrogens with zero attached hydrogens (tertiary/aromatic N) is 1. The zero-order chi connectivity index (χ0) is 21.8. The van der Waals surface area contributed by atoms with Gasteiger partial charge in [-0.3, -0.25) is 0 Å². The maximum absolute atomic E-state index is 13.3. The number of rotatable bonds is 8.